The van der Waals surface area contributed by atoms with Gasteiger partial charge >= 0.3 is 0 Å². The van der Waals surface area contributed by atoms with Gasteiger partial charge in [0.1, 0.15) is 5.82 Å². The van der Waals surface area contributed by atoms with E-state index < -0.39 is 21.9 Å². The van der Waals surface area contributed by atoms with Crippen LogP contribution >= 0.6 is 23.4 Å². The van der Waals surface area contributed by atoms with Gasteiger partial charge in [-0.15, -0.1) is 0 Å². The minimum absolute atomic E-state index is 0.0630. The number of nitro benzene ring substituents is 1. The van der Waals surface area contributed by atoms with Crippen LogP contribution in [-0.4, -0.2) is 21.0 Å². The summed E-state index contributed by atoms with van der Waals surface area (Å²) in [6, 6.07) is 9.66. The molecule has 0 bridgehead atoms. The molecule has 9 heteroatoms. The van der Waals surface area contributed by atoms with E-state index in [0.717, 1.165) is 16.7 Å². The number of hydrogen-bond acceptors (Lipinski definition) is 5. The number of thioether (sulfide) groups is 1. The second-order valence-corrected chi connectivity index (χ2v) is 6.72. The first-order chi connectivity index (χ1) is 12.4. The van der Waals surface area contributed by atoms with Gasteiger partial charge in [0.15, 0.2) is 0 Å². The SMILES string of the molecule is O=C1S/C(=C\c2ccc([N+](=O)[O-])cc2)C(=O)N1Cc1c(F)cccc1Cl. The molecule has 0 unspecified atom stereocenters. The van der Waals surface area contributed by atoms with Gasteiger partial charge in [-0.05, 0) is 47.7 Å². The third-order valence-corrected chi connectivity index (χ3v) is 4.91. The Morgan fingerprint density at radius 2 is 1.88 bits per heavy atom. The lowest BCUT2D eigenvalue weighted by Gasteiger charge is -2.14. The molecule has 0 atom stereocenters. The molecule has 2 amide bonds. The summed E-state index contributed by atoms with van der Waals surface area (Å²) in [4.78, 5) is 35.8. The van der Waals surface area contributed by atoms with E-state index in [1.807, 2.05) is 0 Å². The van der Waals surface area contributed by atoms with Crippen molar-refractivity contribution in [3.05, 3.63) is 79.5 Å². The van der Waals surface area contributed by atoms with Crippen LogP contribution in [0.1, 0.15) is 11.1 Å². The van der Waals surface area contributed by atoms with Crippen molar-refractivity contribution < 1.29 is 18.9 Å². The molecular weight excluding hydrogens is 383 g/mol. The Morgan fingerprint density at radius 3 is 2.50 bits per heavy atom. The minimum atomic E-state index is -0.601. The second-order valence-electron chi connectivity index (χ2n) is 5.32. The summed E-state index contributed by atoms with van der Waals surface area (Å²) in [6.07, 6.45) is 1.46. The quantitative estimate of drug-likeness (QED) is 0.430. The van der Waals surface area contributed by atoms with Crippen LogP contribution in [0.2, 0.25) is 5.02 Å². The third-order valence-electron chi connectivity index (χ3n) is 3.65. The van der Waals surface area contributed by atoms with Gasteiger partial charge in [0.05, 0.1) is 16.4 Å². The molecule has 1 fully saturated rings. The van der Waals surface area contributed by atoms with Gasteiger partial charge in [0.25, 0.3) is 16.8 Å². The Balaban J connectivity index is 1.83. The number of amides is 2. The van der Waals surface area contributed by atoms with Crippen LogP contribution in [0.15, 0.2) is 47.4 Å². The Kier molecular flexibility index (Phi) is 5.06. The fourth-order valence-corrected chi connectivity index (χ4v) is 3.38. The number of nitro groups is 1. The highest BCUT2D eigenvalue weighted by atomic mass is 35.5. The van der Waals surface area contributed by atoms with Crippen LogP contribution in [0.4, 0.5) is 14.9 Å². The maximum Gasteiger partial charge on any atom is 0.293 e. The molecule has 1 aliphatic heterocycles. The first-order valence-electron chi connectivity index (χ1n) is 7.29. The largest absolute Gasteiger partial charge is 0.293 e. The van der Waals surface area contributed by atoms with Crippen molar-refractivity contribution in [1.29, 1.82) is 0 Å². The summed E-state index contributed by atoms with van der Waals surface area (Å²) in [5.41, 5.74) is 0.516. The predicted molar refractivity (Wildman–Crippen MR) is 96.0 cm³/mol. The number of carbonyl (C=O) groups excluding carboxylic acids is 2. The van der Waals surface area contributed by atoms with Crippen LogP contribution in [0.25, 0.3) is 6.08 Å². The molecule has 1 aliphatic rings. The normalized spacial score (nSPS) is 15.8. The fraction of sp³-hybridized carbons (Fsp3) is 0.0588. The van der Waals surface area contributed by atoms with Crippen LogP contribution in [-0.2, 0) is 11.3 Å². The topological polar surface area (TPSA) is 80.5 Å². The molecule has 132 valence electrons. The summed E-state index contributed by atoms with van der Waals surface area (Å²) >= 11 is 6.66. The van der Waals surface area contributed by atoms with Crippen LogP contribution < -0.4 is 0 Å². The molecule has 0 saturated carbocycles. The number of nitrogens with zero attached hydrogens (tertiary/aromatic N) is 2. The maximum absolute atomic E-state index is 13.9. The average Bonchev–Trinajstić information content (AvgIpc) is 2.85. The van der Waals surface area contributed by atoms with Crippen LogP contribution in [0.5, 0.6) is 0 Å². The van der Waals surface area contributed by atoms with E-state index in [0.29, 0.717) is 5.56 Å². The average molecular weight is 393 g/mol. The Bertz CT molecular complexity index is 926. The van der Waals surface area contributed by atoms with E-state index in [4.69, 9.17) is 11.6 Å². The van der Waals surface area contributed by atoms with Crippen molar-refractivity contribution in [1.82, 2.24) is 4.90 Å². The maximum atomic E-state index is 13.9. The van der Waals surface area contributed by atoms with Gasteiger partial charge in [-0.3, -0.25) is 24.6 Å². The number of carbonyl (C=O) groups is 2. The number of imide groups is 1. The first kappa shape index (κ1) is 18.1. The van der Waals surface area contributed by atoms with Crippen molar-refractivity contribution in [3.8, 4) is 0 Å². The van der Waals surface area contributed by atoms with Crippen molar-refractivity contribution in [2.75, 3.05) is 0 Å². The number of benzene rings is 2. The van der Waals surface area contributed by atoms with Crippen molar-refractivity contribution in [2.45, 2.75) is 6.54 Å². The van der Waals surface area contributed by atoms with E-state index in [1.54, 1.807) is 0 Å². The lowest BCUT2D eigenvalue weighted by atomic mass is 10.1. The van der Waals surface area contributed by atoms with Gasteiger partial charge in [0, 0.05) is 22.7 Å². The summed E-state index contributed by atoms with van der Waals surface area (Å²) < 4.78 is 13.9. The molecule has 0 aliphatic carbocycles. The molecule has 26 heavy (non-hydrogen) atoms. The summed E-state index contributed by atoms with van der Waals surface area (Å²) in [5, 5.41) is 10.3. The molecule has 0 N–H and O–H groups in total. The van der Waals surface area contributed by atoms with Crippen molar-refractivity contribution in [3.63, 3.8) is 0 Å². The van der Waals surface area contributed by atoms with Crippen LogP contribution in [0, 0.1) is 15.9 Å². The lowest BCUT2D eigenvalue weighted by molar-refractivity contribution is -0.384. The van der Waals surface area contributed by atoms with Gasteiger partial charge in [-0.25, -0.2) is 4.39 Å². The molecule has 2 aromatic carbocycles. The minimum Gasteiger partial charge on any atom is -0.268 e. The first-order valence-corrected chi connectivity index (χ1v) is 8.49. The van der Waals surface area contributed by atoms with E-state index >= 15 is 0 Å². The standard InChI is InChI=1S/C17H10ClFN2O4S/c18-13-2-1-3-14(19)12(13)9-20-16(22)15(26-17(20)23)8-10-4-6-11(7-5-10)21(24)25/h1-8H,9H2/b15-8-. The molecule has 0 spiro atoms. The third kappa shape index (κ3) is 3.61. The van der Waals surface area contributed by atoms with E-state index in [2.05, 4.69) is 0 Å². The number of halogens is 2. The summed E-state index contributed by atoms with van der Waals surface area (Å²) in [5.74, 6) is -1.17. The highest BCUT2D eigenvalue weighted by molar-refractivity contribution is 8.18. The second kappa shape index (κ2) is 7.27. The molecule has 1 saturated heterocycles. The van der Waals surface area contributed by atoms with Crippen molar-refractivity contribution in [2.24, 2.45) is 0 Å². The zero-order valence-corrected chi connectivity index (χ0v) is 14.6. The fourth-order valence-electron chi connectivity index (χ4n) is 2.32. The predicted octanol–water partition coefficient (Wildman–Crippen LogP) is 4.62. The zero-order valence-electron chi connectivity index (χ0n) is 13.0. The van der Waals surface area contributed by atoms with Crippen LogP contribution in [0.3, 0.4) is 0 Å². The number of hydrogen-bond donors (Lipinski definition) is 0. The number of non-ortho nitro benzene ring substituents is 1. The zero-order chi connectivity index (χ0) is 18.8. The summed E-state index contributed by atoms with van der Waals surface area (Å²) in [6.45, 7) is -0.270. The molecule has 3 rings (SSSR count). The molecule has 6 nitrogen and oxygen atoms in total. The monoisotopic (exact) mass is 392 g/mol. The molecule has 0 aromatic heterocycles. The van der Waals surface area contributed by atoms with Gasteiger partial charge in [-0.2, -0.15) is 0 Å². The van der Waals surface area contributed by atoms with Gasteiger partial charge in [0.2, 0.25) is 0 Å². The Morgan fingerprint density at radius 1 is 1.19 bits per heavy atom. The van der Waals surface area contributed by atoms with Gasteiger partial charge in [-0.1, -0.05) is 17.7 Å². The smallest absolute Gasteiger partial charge is 0.268 e. The lowest BCUT2D eigenvalue weighted by Crippen LogP contribution is -2.28. The number of rotatable bonds is 4. The van der Waals surface area contributed by atoms with Crippen molar-refractivity contribution >= 4 is 46.3 Å². The van der Waals surface area contributed by atoms with E-state index in [-0.39, 0.29) is 27.7 Å². The molecule has 1 heterocycles. The molecular formula is C17H10ClFN2O4S. The van der Waals surface area contributed by atoms with E-state index in [1.165, 1.54) is 48.5 Å². The van der Waals surface area contributed by atoms with Gasteiger partial charge < -0.3 is 0 Å². The summed E-state index contributed by atoms with van der Waals surface area (Å²) in [7, 11) is 0. The van der Waals surface area contributed by atoms with E-state index in [9.17, 15) is 24.1 Å². The Hall–Kier alpha value is -2.71. The molecule has 2 aromatic rings. The molecule has 0 radical (unpaired) electrons. The highest BCUT2D eigenvalue weighted by Crippen LogP contribution is 2.34. The Labute approximate surface area is 156 Å². The highest BCUT2D eigenvalue weighted by Gasteiger charge is 2.35.